The number of thiazole rings is 1. The number of benzene rings is 2. The lowest BCUT2D eigenvalue weighted by atomic mass is 10.1. The maximum Gasteiger partial charge on any atom is 0.211 e. The highest BCUT2D eigenvalue weighted by molar-refractivity contribution is 7.10. The number of allylic oxidation sites excluding steroid dienone is 1. The van der Waals surface area contributed by atoms with Crippen molar-refractivity contribution in [3.63, 3.8) is 0 Å². The molecule has 2 aromatic carbocycles. The monoisotopic (exact) mass is 375 g/mol. The summed E-state index contributed by atoms with van der Waals surface area (Å²) in [5.74, 6) is 0.656. The highest BCUT2D eigenvalue weighted by atomic mass is 32.1. The van der Waals surface area contributed by atoms with Gasteiger partial charge in [-0.05, 0) is 30.2 Å². The second-order valence-corrected chi connectivity index (χ2v) is 7.91. The molecule has 4 nitrogen and oxygen atoms in total. The molecule has 4 rings (SSSR count). The fourth-order valence-electron chi connectivity index (χ4n) is 3.04. The van der Waals surface area contributed by atoms with E-state index >= 15 is 0 Å². The molecule has 0 saturated carbocycles. The van der Waals surface area contributed by atoms with E-state index < -0.39 is 0 Å². The summed E-state index contributed by atoms with van der Waals surface area (Å²) in [6, 6.07) is 17.9. The van der Waals surface area contributed by atoms with Crippen molar-refractivity contribution in [2.75, 3.05) is 0 Å². The number of hydrogen-bond donors (Lipinski definition) is 1. The first-order chi connectivity index (χ1) is 13.1. The fourth-order valence-corrected chi connectivity index (χ4v) is 4.04. The van der Waals surface area contributed by atoms with E-state index in [4.69, 9.17) is 4.99 Å². The zero-order valence-corrected chi connectivity index (χ0v) is 16.1. The summed E-state index contributed by atoms with van der Waals surface area (Å²) in [6.45, 7) is 4.98. The van der Waals surface area contributed by atoms with Crippen LogP contribution in [0.15, 0.2) is 64.6 Å². The van der Waals surface area contributed by atoms with E-state index in [2.05, 4.69) is 24.9 Å². The Kier molecular flexibility index (Phi) is 4.77. The first-order valence-corrected chi connectivity index (χ1v) is 9.81. The molecule has 0 radical (unpaired) electrons. The first kappa shape index (κ1) is 17.5. The second-order valence-electron chi connectivity index (χ2n) is 6.90. The number of nitrogens with zero attached hydrogens (tertiary/aromatic N) is 3. The average Bonchev–Trinajstić information content (AvgIpc) is 3.19. The molecule has 3 aromatic rings. The Morgan fingerprint density at radius 1 is 1.11 bits per heavy atom. The van der Waals surface area contributed by atoms with E-state index in [-0.39, 0.29) is 5.88 Å². The van der Waals surface area contributed by atoms with Crippen molar-refractivity contribution in [1.29, 1.82) is 0 Å². The fraction of sp³-hybridized carbons (Fsp3) is 0.182. The molecular formula is C22H21N3OS. The van der Waals surface area contributed by atoms with Crippen molar-refractivity contribution in [2.45, 2.75) is 20.4 Å². The minimum Gasteiger partial charge on any atom is -0.493 e. The molecule has 2 heterocycles. The van der Waals surface area contributed by atoms with Crippen molar-refractivity contribution in [1.82, 2.24) is 4.57 Å². The third kappa shape index (κ3) is 3.64. The molecule has 5 heteroatoms. The Bertz CT molecular complexity index is 1090. The molecular weight excluding hydrogens is 354 g/mol. The van der Waals surface area contributed by atoms with Crippen molar-refractivity contribution in [2.24, 2.45) is 15.9 Å². The van der Waals surface area contributed by atoms with Crippen LogP contribution in [0.3, 0.4) is 0 Å². The summed E-state index contributed by atoms with van der Waals surface area (Å²) in [6.07, 6.45) is 3.85. The van der Waals surface area contributed by atoms with Gasteiger partial charge in [0, 0.05) is 23.9 Å². The minimum absolute atomic E-state index is 0.258. The summed E-state index contributed by atoms with van der Waals surface area (Å²) in [4.78, 5) is 10.8. The van der Waals surface area contributed by atoms with Gasteiger partial charge in [-0.15, -0.1) is 0 Å². The van der Waals surface area contributed by atoms with E-state index in [1.54, 1.807) is 0 Å². The molecule has 1 N–H and O–H groups in total. The van der Waals surface area contributed by atoms with Gasteiger partial charge in [-0.3, -0.25) is 9.56 Å². The number of aromatic hydroxyl groups is 1. The molecule has 0 saturated heterocycles. The normalized spacial score (nSPS) is 15.1. The smallest absolute Gasteiger partial charge is 0.211 e. The molecule has 1 aromatic heterocycles. The summed E-state index contributed by atoms with van der Waals surface area (Å²) in [5.41, 5.74) is 3.93. The summed E-state index contributed by atoms with van der Waals surface area (Å²) in [5, 5.41) is 10.9. The van der Waals surface area contributed by atoms with Gasteiger partial charge < -0.3 is 5.11 Å². The third-order valence-electron chi connectivity index (χ3n) is 4.28. The molecule has 1 aliphatic heterocycles. The number of hydrogen-bond acceptors (Lipinski definition) is 4. The lowest BCUT2D eigenvalue weighted by Gasteiger charge is -2.08. The Morgan fingerprint density at radius 2 is 1.85 bits per heavy atom. The maximum absolute atomic E-state index is 10.9. The molecule has 0 bridgehead atoms. The zero-order chi connectivity index (χ0) is 18.8. The van der Waals surface area contributed by atoms with Crippen LogP contribution in [0.5, 0.6) is 5.88 Å². The van der Waals surface area contributed by atoms with Crippen LogP contribution in [-0.4, -0.2) is 15.9 Å². The summed E-state index contributed by atoms with van der Waals surface area (Å²) < 4.78 is 1.90. The number of aliphatic imine (C=N–C) groups is 1. The Labute approximate surface area is 162 Å². The number of fused-ring (bicyclic) bond motifs is 1. The molecule has 0 spiro atoms. The van der Waals surface area contributed by atoms with Crippen molar-refractivity contribution in [3.05, 3.63) is 69.8 Å². The van der Waals surface area contributed by atoms with Crippen LogP contribution in [-0.2, 0) is 6.54 Å². The largest absolute Gasteiger partial charge is 0.493 e. The highest BCUT2D eigenvalue weighted by Crippen LogP contribution is 2.34. The van der Waals surface area contributed by atoms with E-state index in [1.807, 2.05) is 65.4 Å². The van der Waals surface area contributed by atoms with Crippen LogP contribution in [0.1, 0.15) is 24.3 Å². The second kappa shape index (κ2) is 7.37. The Morgan fingerprint density at radius 3 is 2.63 bits per heavy atom. The van der Waals surface area contributed by atoms with E-state index in [0.29, 0.717) is 12.5 Å². The molecule has 136 valence electrons. The van der Waals surface area contributed by atoms with Gasteiger partial charge in [0.2, 0.25) is 5.88 Å². The van der Waals surface area contributed by atoms with Crippen LogP contribution < -0.4 is 4.80 Å². The number of para-hydroxylation sites is 2. The predicted molar refractivity (Wildman–Crippen MR) is 113 cm³/mol. The van der Waals surface area contributed by atoms with Gasteiger partial charge in [0.05, 0.1) is 16.3 Å². The van der Waals surface area contributed by atoms with Gasteiger partial charge in [0.1, 0.15) is 0 Å². The van der Waals surface area contributed by atoms with Crippen molar-refractivity contribution >= 4 is 40.6 Å². The lowest BCUT2D eigenvalue weighted by molar-refractivity contribution is 0.387. The maximum atomic E-state index is 10.9. The van der Waals surface area contributed by atoms with Crippen LogP contribution in [0.25, 0.3) is 11.6 Å². The van der Waals surface area contributed by atoms with Gasteiger partial charge in [0.25, 0.3) is 0 Å². The molecule has 1 aliphatic rings. The SMILES string of the molecule is CC(C)Cn1c(O)c(/C=C2\C=Nc3ccccc32)sc1=Nc1ccccc1. The van der Waals surface area contributed by atoms with Crippen molar-refractivity contribution in [3.8, 4) is 5.88 Å². The Hall–Kier alpha value is -2.92. The topological polar surface area (TPSA) is 49.9 Å². The lowest BCUT2D eigenvalue weighted by Crippen LogP contribution is -2.17. The quantitative estimate of drug-likeness (QED) is 0.652. The number of aromatic nitrogens is 1. The molecule has 0 aliphatic carbocycles. The predicted octanol–water partition coefficient (Wildman–Crippen LogP) is 5.40. The minimum atomic E-state index is 0.258. The van der Waals surface area contributed by atoms with Crippen LogP contribution >= 0.6 is 11.3 Å². The van der Waals surface area contributed by atoms with Gasteiger partial charge in [-0.25, -0.2) is 4.99 Å². The molecule has 0 amide bonds. The van der Waals surface area contributed by atoms with E-state index in [9.17, 15) is 5.11 Å². The summed E-state index contributed by atoms with van der Waals surface area (Å²) >= 11 is 1.49. The Balaban J connectivity index is 1.82. The standard InChI is InChI=1S/C22H21N3OS/c1-15(2)14-25-21(26)20(27-22(25)24-17-8-4-3-5-9-17)12-16-13-23-19-11-7-6-10-18(16)19/h3-13,15,26H,14H2,1-2H3/b16-12+,24-22?. The number of rotatable bonds is 4. The van der Waals surface area contributed by atoms with Gasteiger partial charge in [-0.2, -0.15) is 0 Å². The molecule has 0 unspecified atom stereocenters. The van der Waals surface area contributed by atoms with E-state index in [1.165, 1.54) is 11.3 Å². The zero-order valence-electron chi connectivity index (χ0n) is 15.3. The van der Waals surface area contributed by atoms with Gasteiger partial charge >= 0.3 is 0 Å². The van der Waals surface area contributed by atoms with Gasteiger partial charge in [-0.1, -0.05) is 61.6 Å². The average molecular weight is 375 g/mol. The van der Waals surface area contributed by atoms with Crippen LogP contribution in [0.4, 0.5) is 11.4 Å². The van der Waals surface area contributed by atoms with Crippen LogP contribution in [0, 0.1) is 5.92 Å². The van der Waals surface area contributed by atoms with Crippen molar-refractivity contribution < 1.29 is 5.11 Å². The van der Waals surface area contributed by atoms with E-state index in [0.717, 1.165) is 32.2 Å². The highest BCUT2D eigenvalue weighted by Gasteiger charge is 2.16. The molecule has 0 atom stereocenters. The third-order valence-corrected chi connectivity index (χ3v) is 5.30. The molecule has 0 fully saturated rings. The summed E-state index contributed by atoms with van der Waals surface area (Å²) in [7, 11) is 0. The van der Waals surface area contributed by atoms with Gasteiger partial charge in [0.15, 0.2) is 4.80 Å². The molecule has 27 heavy (non-hydrogen) atoms. The first-order valence-electron chi connectivity index (χ1n) is 8.99. The van der Waals surface area contributed by atoms with Crippen LogP contribution in [0.2, 0.25) is 0 Å².